The Morgan fingerprint density at radius 3 is 2.65 bits per heavy atom. The highest BCUT2D eigenvalue weighted by Gasteiger charge is 2.06. The highest BCUT2D eigenvalue weighted by atomic mass is 35.5. The molecule has 0 aliphatic heterocycles. The number of imidazole rings is 1. The number of hydrogen-bond acceptors (Lipinski definition) is 1. The van der Waals surface area contributed by atoms with Gasteiger partial charge in [0.2, 0.25) is 0 Å². The van der Waals surface area contributed by atoms with E-state index in [0.29, 0.717) is 0 Å². The molecule has 3 rings (SSSR count). The van der Waals surface area contributed by atoms with Gasteiger partial charge in [0.25, 0.3) is 0 Å². The van der Waals surface area contributed by atoms with E-state index in [0.717, 1.165) is 27.3 Å². The summed E-state index contributed by atoms with van der Waals surface area (Å²) in [5, 5.41) is 0.760. The summed E-state index contributed by atoms with van der Waals surface area (Å²) in [6.07, 6.45) is 1.83. The smallest absolute Gasteiger partial charge is 0.100 e. The molecule has 0 aliphatic rings. The van der Waals surface area contributed by atoms with Crippen LogP contribution in [0.25, 0.3) is 16.7 Å². The minimum absolute atomic E-state index is 0.760. The molecule has 3 heteroatoms. The fraction of sp³-hybridized carbons (Fsp3) is 0.0714. The number of benzene rings is 2. The van der Waals surface area contributed by atoms with Crippen LogP contribution in [0.5, 0.6) is 0 Å². The molecule has 84 valence electrons. The summed E-state index contributed by atoms with van der Waals surface area (Å²) in [4.78, 5) is 4.38. The van der Waals surface area contributed by atoms with Gasteiger partial charge in [0.15, 0.2) is 0 Å². The third-order valence-corrected chi connectivity index (χ3v) is 3.27. The lowest BCUT2D eigenvalue weighted by Crippen LogP contribution is -1.91. The highest BCUT2D eigenvalue weighted by Crippen LogP contribution is 2.24. The molecule has 0 spiro atoms. The molecule has 0 unspecified atom stereocenters. The zero-order chi connectivity index (χ0) is 11.8. The SMILES string of the molecule is Cc1cc2c(cc1Cl)ncn2-c1ccccc1. The number of para-hydroxylation sites is 1. The summed E-state index contributed by atoms with van der Waals surface area (Å²) in [6, 6.07) is 14.1. The molecule has 0 bridgehead atoms. The van der Waals surface area contributed by atoms with E-state index in [1.807, 2.05) is 37.5 Å². The van der Waals surface area contributed by atoms with Crippen LogP contribution in [0.15, 0.2) is 48.8 Å². The lowest BCUT2D eigenvalue weighted by Gasteiger charge is -2.04. The summed E-state index contributed by atoms with van der Waals surface area (Å²) in [5.74, 6) is 0. The van der Waals surface area contributed by atoms with Crippen molar-refractivity contribution in [2.45, 2.75) is 6.92 Å². The molecule has 0 radical (unpaired) electrons. The van der Waals surface area contributed by atoms with Gasteiger partial charge in [-0.05, 0) is 36.8 Å². The van der Waals surface area contributed by atoms with Crippen molar-refractivity contribution in [2.24, 2.45) is 0 Å². The average Bonchev–Trinajstić information content (AvgIpc) is 2.74. The van der Waals surface area contributed by atoms with Gasteiger partial charge >= 0.3 is 0 Å². The predicted molar refractivity (Wildman–Crippen MR) is 70.8 cm³/mol. The Morgan fingerprint density at radius 2 is 1.88 bits per heavy atom. The fourth-order valence-corrected chi connectivity index (χ4v) is 2.09. The summed E-state index contributed by atoms with van der Waals surface area (Å²) >= 11 is 6.09. The van der Waals surface area contributed by atoms with Crippen LogP contribution >= 0.6 is 11.6 Å². The molecule has 0 amide bonds. The quantitative estimate of drug-likeness (QED) is 0.631. The van der Waals surface area contributed by atoms with Crippen LogP contribution in [0.3, 0.4) is 0 Å². The third kappa shape index (κ3) is 1.71. The van der Waals surface area contributed by atoms with E-state index in [2.05, 4.69) is 27.8 Å². The average molecular weight is 243 g/mol. The normalized spacial score (nSPS) is 10.9. The molecule has 2 nitrogen and oxygen atoms in total. The monoisotopic (exact) mass is 242 g/mol. The first kappa shape index (κ1) is 10.4. The van der Waals surface area contributed by atoms with E-state index < -0.39 is 0 Å². The Bertz CT molecular complexity index is 671. The largest absolute Gasteiger partial charge is 0.299 e. The van der Waals surface area contributed by atoms with Crippen molar-refractivity contribution in [2.75, 3.05) is 0 Å². The van der Waals surface area contributed by atoms with Crippen LogP contribution in [0.1, 0.15) is 5.56 Å². The number of nitrogens with zero attached hydrogens (tertiary/aromatic N) is 2. The molecular weight excluding hydrogens is 232 g/mol. The maximum absolute atomic E-state index is 6.09. The zero-order valence-electron chi connectivity index (χ0n) is 9.39. The van der Waals surface area contributed by atoms with Crippen molar-refractivity contribution in [3.63, 3.8) is 0 Å². The molecule has 0 saturated heterocycles. The Labute approximate surface area is 104 Å². The fourth-order valence-electron chi connectivity index (χ4n) is 1.93. The first-order chi connectivity index (χ1) is 8.25. The Hall–Kier alpha value is -1.80. The Kier molecular flexibility index (Phi) is 2.37. The van der Waals surface area contributed by atoms with E-state index >= 15 is 0 Å². The van der Waals surface area contributed by atoms with Crippen molar-refractivity contribution in [1.82, 2.24) is 9.55 Å². The molecular formula is C14H11ClN2. The van der Waals surface area contributed by atoms with Crippen LogP contribution in [0.2, 0.25) is 5.02 Å². The van der Waals surface area contributed by atoms with Gasteiger partial charge in [-0.1, -0.05) is 29.8 Å². The second-order valence-electron chi connectivity index (χ2n) is 4.04. The zero-order valence-corrected chi connectivity index (χ0v) is 10.1. The molecule has 17 heavy (non-hydrogen) atoms. The summed E-state index contributed by atoms with van der Waals surface area (Å²) in [5.41, 5.74) is 4.18. The maximum atomic E-state index is 6.09. The highest BCUT2D eigenvalue weighted by molar-refractivity contribution is 6.32. The first-order valence-corrected chi connectivity index (χ1v) is 5.82. The maximum Gasteiger partial charge on any atom is 0.100 e. The number of hydrogen-bond donors (Lipinski definition) is 0. The van der Waals surface area contributed by atoms with Gasteiger partial charge in [-0.15, -0.1) is 0 Å². The van der Waals surface area contributed by atoms with Crippen LogP contribution in [-0.4, -0.2) is 9.55 Å². The van der Waals surface area contributed by atoms with E-state index in [9.17, 15) is 0 Å². The summed E-state index contributed by atoms with van der Waals surface area (Å²) < 4.78 is 2.07. The van der Waals surface area contributed by atoms with E-state index in [1.54, 1.807) is 0 Å². The van der Waals surface area contributed by atoms with Gasteiger partial charge in [-0.2, -0.15) is 0 Å². The van der Waals surface area contributed by atoms with Crippen LogP contribution in [0, 0.1) is 6.92 Å². The second-order valence-corrected chi connectivity index (χ2v) is 4.45. The van der Waals surface area contributed by atoms with E-state index in [4.69, 9.17) is 11.6 Å². The molecule has 0 aliphatic carbocycles. The molecule has 1 heterocycles. The molecule has 0 N–H and O–H groups in total. The number of fused-ring (bicyclic) bond motifs is 1. The number of aryl methyl sites for hydroxylation is 1. The van der Waals surface area contributed by atoms with Crippen molar-refractivity contribution >= 4 is 22.6 Å². The standard InChI is InChI=1S/C14H11ClN2/c1-10-7-14-13(8-12(10)15)16-9-17(14)11-5-3-2-4-6-11/h2-9H,1H3. The molecule has 0 atom stereocenters. The van der Waals surface area contributed by atoms with Crippen molar-refractivity contribution in [3.05, 3.63) is 59.4 Å². The molecule has 1 aromatic heterocycles. The Morgan fingerprint density at radius 1 is 1.12 bits per heavy atom. The van der Waals surface area contributed by atoms with Gasteiger partial charge in [0, 0.05) is 10.7 Å². The topological polar surface area (TPSA) is 17.8 Å². The predicted octanol–water partition coefficient (Wildman–Crippen LogP) is 3.99. The molecule has 0 fully saturated rings. The van der Waals surface area contributed by atoms with E-state index in [-0.39, 0.29) is 0 Å². The van der Waals surface area contributed by atoms with Crippen LogP contribution in [0.4, 0.5) is 0 Å². The summed E-state index contributed by atoms with van der Waals surface area (Å²) in [7, 11) is 0. The number of halogens is 1. The van der Waals surface area contributed by atoms with Gasteiger partial charge in [0.05, 0.1) is 11.0 Å². The lowest BCUT2D eigenvalue weighted by atomic mass is 10.2. The third-order valence-electron chi connectivity index (χ3n) is 2.86. The molecule has 2 aromatic carbocycles. The lowest BCUT2D eigenvalue weighted by molar-refractivity contribution is 1.09. The van der Waals surface area contributed by atoms with E-state index in [1.165, 1.54) is 0 Å². The van der Waals surface area contributed by atoms with Gasteiger partial charge in [0.1, 0.15) is 6.33 Å². The Balaban J connectivity index is 2.29. The van der Waals surface area contributed by atoms with Gasteiger partial charge in [-0.3, -0.25) is 4.57 Å². The minimum atomic E-state index is 0.760. The van der Waals surface area contributed by atoms with Gasteiger partial charge < -0.3 is 0 Å². The first-order valence-electron chi connectivity index (χ1n) is 5.44. The van der Waals surface area contributed by atoms with Crippen LogP contribution < -0.4 is 0 Å². The van der Waals surface area contributed by atoms with Crippen molar-refractivity contribution in [3.8, 4) is 5.69 Å². The number of rotatable bonds is 1. The summed E-state index contributed by atoms with van der Waals surface area (Å²) in [6.45, 7) is 2.00. The molecule has 3 aromatic rings. The van der Waals surface area contributed by atoms with Gasteiger partial charge in [-0.25, -0.2) is 4.98 Å². The minimum Gasteiger partial charge on any atom is -0.299 e. The van der Waals surface area contributed by atoms with Crippen LogP contribution in [-0.2, 0) is 0 Å². The molecule has 0 saturated carbocycles. The van der Waals surface area contributed by atoms with Crippen molar-refractivity contribution in [1.29, 1.82) is 0 Å². The van der Waals surface area contributed by atoms with Crippen molar-refractivity contribution < 1.29 is 0 Å². The number of aromatic nitrogens is 2. The second kappa shape index (κ2) is 3.90.